The third-order valence-electron chi connectivity index (χ3n) is 0.764. The van der Waals surface area contributed by atoms with Gasteiger partial charge >= 0.3 is 23.1 Å². The first-order chi connectivity index (χ1) is 3.80. The predicted octanol–water partition coefficient (Wildman–Crippen LogP) is 1.47. The third kappa shape index (κ3) is 2.64. The second-order valence-electron chi connectivity index (χ2n) is 1.34. The molecule has 1 aromatic rings. The maximum Gasteiger partial charge on any atom is 0.316 e. The molecular weight excluding hydrogens is 195 g/mol. The molecule has 1 rings (SSSR count). The number of benzene rings is 1. The zero-order valence-corrected chi connectivity index (χ0v) is 5.57. The highest BCUT2D eigenvalue weighted by Crippen LogP contribution is 2.11. The van der Waals surface area contributed by atoms with Crippen LogP contribution in [-0.4, -0.2) is 23.1 Å². The molecular formula is C6H5BrFMg. The fourth-order valence-corrected chi connectivity index (χ4v) is 0.638. The van der Waals surface area contributed by atoms with Crippen molar-refractivity contribution in [2.24, 2.45) is 0 Å². The van der Waals surface area contributed by atoms with E-state index in [9.17, 15) is 4.39 Å². The van der Waals surface area contributed by atoms with Crippen molar-refractivity contribution in [3.05, 3.63) is 34.6 Å². The van der Waals surface area contributed by atoms with Gasteiger partial charge in [0.15, 0.2) is 0 Å². The standard InChI is InChI=1S/C6H3BrF.Mg.2H/c7-5-3-1-2-4-6(5)8;;;/h1,3-4H;;;. The first kappa shape index (κ1) is 9.40. The molecule has 0 fully saturated rings. The van der Waals surface area contributed by atoms with Crippen LogP contribution in [0.15, 0.2) is 22.7 Å². The molecule has 0 aromatic heterocycles. The Morgan fingerprint density at radius 2 is 2.22 bits per heavy atom. The van der Waals surface area contributed by atoms with Crippen LogP contribution in [0.25, 0.3) is 0 Å². The van der Waals surface area contributed by atoms with E-state index in [4.69, 9.17) is 0 Å². The molecule has 0 atom stereocenters. The van der Waals surface area contributed by atoms with Crippen LogP contribution in [0, 0.1) is 11.9 Å². The molecule has 0 nitrogen and oxygen atoms in total. The summed E-state index contributed by atoms with van der Waals surface area (Å²) in [4.78, 5) is 0. The van der Waals surface area contributed by atoms with Gasteiger partial charge in [-0.2, -0.15) is 0 Å². The van der Waals surface area contributed by atoms with Crippen molar-refractivity contribution in [2.45, 2.75) is 0 Å². The van der Waals surface area contributed by atoms with E-state index in [-0.39, 0.29) is 28.9 Å². The Bertz CT molecular complexity index is 169. The van der Waals surface area contributed by atoms with Gasteiger partial charge in [-0.3, -0.25) is 0 Å². The van der Waals surface area contributed by atoms with Crippen molar-refractivity contribution < 1.29 is 4.39 Å². The van der Waals surface area contributed by atoms with Crippen LogP contribution in [0.2, 0.25) is 0 Å². The predicted molar refractivity (Wildman–Crippen MR) is 41.5 cm³/mol. The minimum atomic E-state index is -0.271. The van der Waals surface area contributed by atoms with Gasteiger partial charge in [-0.1, -0.05) is 6.07 Å². The minimum absolute atomic E-state index is 0. The Kier molecular flexibility index (Phi) is 4.44. The molecule has 0 unspecified atom stereocenters. The first-order valence-corrected chi connectivity index (χ1v) is 2.91. The highest BCUT2D eigenvalue weighted by Gasteiger charge is 1.91. The maximum atomic E-state index is 12.2. The van der Waals surface area contributed by atoms with E-state index in [1.807, 2.05) is 0 Å². The summed E-state index contributed by atoms with van der Waals surface area (Å²) in [5.74, 6) is -0.271. The van der Waals surface area contributed by atoms with Crippen molar-refractivity contribution in [3.63, 3.8) is 0 Å². The molecule has 0 saturated heterocycles. The van der Waals surface area contributed by atoms with Gasteiger partial charge in [0.25, 0.3) is 0 Å². The molecule has 0 aliphatic rings. The van der Waals surface area contributed by atoms with Crippen LogP contribution < -0.4 is 0 Å². The first-order valence-electron chi connectivity index (χ1n) is 2.12. The SMILES string of the molecule is Fc1c[c]ccc1Br.[MgH2]. The Labute approximate surface area is 77.7 Å². The van der Waals surface area contributed by atoms with E-state index < -0.39 is 0 Å². The van der Waals surface area contributed by atoms with Gasteiger partial charge in [-0.25, -0.2) is 4.39 Å². The second-order valence-corrected chi connectivity index (χ2v) is 2.19. The van der Waals surface area contributed by atoms with Crippen molar-refractivity contribution in [1.29, 1.82) is 0 Å². The summed E-state index contributed by atoms with van der Waals surface area (Å²) in [5.41, 5.74) is 0. The lowest BCUT2D eigenvalue weighted by Crippen LogP contribution is -1.71. The molecule has 1 radical (unpaired) electrons. The molecule has 0 bridgehead atoms. The molecule has 0 spiro atoms. The Balaban J connectivity index is 0.000000640. The quantitative estimate of drug-likeness (QED) is 0.556. The third-order valence-corrected chi connectivity index (χ3v) is 1.41. The summed E-state index contributed by atoms with van der Waals surface area (Å²) >= 11 is 3.00. The highest BCUT2D eigenvalue weighted by molar-refractivity contribution is 9.10. The van der Waals surface area contributed by atoms with Crippen LogP contribution in [-0.2, 0) is 0 Å². The van der Waals surface area contributed by atoms with Gasteiger partial charge in [0.05, 0.1) is 4.47 Å². The minimum Gasteiger partial charge on any atom is -0.206 e. The molecule has 1 aromatic carbocycles. The Hall–Kier alpha value is 0.396. The number of halogens is 2. The molecule has 0 aliphatic carbocycles. The molecule has 0 N–H and O–H groups in total. The lowest BCUT2D eigenvalue weighted by atomic mass is 10.4. The Morgan fingerprint density at radius 1 is 1.56 bits per heavy atom. The van der Waals surface area contributed by atoms with E-state index in [1.165, 1.54) is 6.07 Å². The maximum absolute atomic E-state index is 12.2. The van der Waals surface area contributed by atoms with E-state index in [2.05, 4.69) is 22.0 Å². The van der Waals surface area contributed by atoms with Crippen LogP contribution >= 0.6 is 15.9 Å². The molecule has 0 aliphatic heterocycles. The zero-order valence-electron chi connectivity index (χ0n) is 3.99. The molecule has 3 heteroatoms. The summed E-state index contributed by atoms with van der Waals surface area (Å²) in [5, 5.41) is 0. The van der Waals surface area contributed by atoms with E-state index in [1.54, 1.807) is 12.1 Å². The molecule has 45 valence electrons. The normalized spacial score (nSPS) is 8.22. The zero-order chi connectivity index (χ0) is 5.98. The van der Waals surface area contributed by atoms with Gasteiger partial charge < -0.3 is 0 Å². The lowest BCUT2D eigenvalue weighted by Gasteiger charge is -1.86. The van der Waals surface area contributed by atoms with Crippen LogP contribution in [0.1, 0.15) is 0 Å². The van der Waals surface area contributed by atoms with Crippen LogP contribution in [0.3, 0.4) is 0 Å². The molecule has 0 amide bonds. The average molecular weight is 200 g/mol. The second kappa shape index (κ2) is 4.25. The van der Waals surface area contributed by atoms with Crippen LogP contribution in [0.5, 0.6) is 0 Å². The van der Waals surface area contributed by atoms with Gasteiger partial charge in [-0.15, -0.1) is 0 Å². The van der Waals surface area contributed by atoms with Crippen molar-refractivity contribution in [1.82, 2.24) is 0 Å². The lowest BCUT2D eigenvalue weighted by molar-refractivity contribution is 0.621. The van der Waals surface area contributed by atoms with E-state index in [0.717, 1.165) is 0 Å². The van der Waals surface area contributed by atoms with Gasteiger partial charge in [0.2, 0.25) is 0 Å². The summed E-state index contributed by atoms with van der Waals surface area (Å²) < 4.78 is 12.7. The molecule has 0 heterocycles. The van der Waals surface area contributed by atoms with E-state index in [0.29, 0.717) is 4.47 Å². The summed E-state index contributed by atoms with van der Waals surface area (Å²) in [6.07, 6.45) is 0. The van der Waals surface area contributed by atoms with Crippen molar-refractivity contribution in [2.75, 3.05) is 0 Å². The highest BCUT2D eigenvalue weighted by atomic mass is 79.9. The van der Waals surface area contributed by atoms with Gasteiger partial charge in [-0.05, 0) is 34.1 Å². The number of rotatable bonds is 0. The Morgan fingerprint density at radius 3 is 2.56 bits per heavy atom. The average Bonchev–Trinajstić information content (AvgIpc) is 1.77. The van der Waals surface area contributed by atoms with Crippen LogP contribution in [0.4, 0.5) is 4.39 Å². The summed E-state index contributed by atoms with van der Waals surface area (Å²) in [6.45, 7) is 0. The molecule has 9 heavy (non-hydrogen) atoms. The van der Waals surface area contributed by atoms with E-state index >= 15 is 0 Å². The fraction of sp³-hybridized carbons (Fsp3) is 0. The number of hydrogen-bond acceptors (Lipinski definition) is 0. The van der Waals surface area contributed by atoms with Gasteiger partial charge in [0, 0.05) is 0 Å². The number of hydrogen-bond donors (Lipinski definition) is 0. The smallest absolute Gasteiger partial charge is 0.206 e. The van der Waals surface area contributed by atoms with Gasteiger partial charge in [0.1, 0.15) is 5.82 Å². The topological polar surface area (TPSA) is 0 Å². The van der Waals surface area contributed by atoms with Crippen molar-refractivity contribution in [3.8, 4) is 0 Å². The summed E-state index contributed by atoms with van der Waals surface area (Å²) in [6, 6.07) is 7.13. The monoisotopic (exact) mass is 199 g/mol. The molecule has 0 saturated carbocycles. The largest absolute Gasteiger partial charge is 0.316 e. The summed E-state index contributed by atoms with van der Waals surface area (Å²) in [7, 11) is 0. The fourth-order valence-electron chi connectivity index (χ4n) is 0.391. The van der Waals surface area contributed by atoms with Crippen molar-refractivity contribution >= 4 is 39.0 Å².